The Morgan fingerprint density at radius 1 is 0.878 bits per heavy atom. The number of nitrogens with two attached hydrogens (primary N) is 2. The van der Waals surface area contributed by atoms with E-state index in [1.165, 1.54) is 51.4 Å². The Hall–Kier alpha value is -1.44. The Morgan fingerprint density at radius 3 is 2.39 bits per heavy atom. The number of unbranched alkanes of at least 4 members (excludes halogenated alkanes) is 1. The van der Waals surface area contributed by atoms with Crippen LogP contribution in [-0.4, -0.2) is 62.1 Å². The second-order valence-electron chi connectivity index (χ2n) is 17.6. The molecule has 49 heavy (non-hydrogen) atoms. The molecule has 0 aromatic rings. The molecule has 0 aromatic carbocycles. The van der Waals surface area contributed by atoms with Crippen molar-refractivity contribution in [3.63, 3.8) is 0 Å². The highest BCUT2D eigenvalue weighted by molar-refractivity contribution is 5.77. The quantitative estimate of drug-likeness (QED) is 0.0642. The highest BCUT2D eigenvalue weighted by atomic mass is 16.5. The lowest BCUT2D eigenvalue weighted by atomic mass is 9.47. The number of esters is 1. The Morgan fingerprint density at radius 2 is 1.63 bits per heavy atom. The summed E-state index contributed by atoms with van der Waals surface area (Å²) in [5.74, 6) is 5.01. The van der Waals surface area contributed by atoms with Crippen LogP contribution in [0.5, 0.6) is 0 Å². The van der Waals surface area contributed by atoms with Gasteiger partial charge in [-0.3, -0.25) is 9.59 Å². The number of carbonyl (C=O) groups excluding carboxylic acids is 2. The van der Waals surface area contributed by atoms with E-state index in [1.54, 1.807) is 5.57 Å². The van der Waals surface area contributed by atoms with Crippen molar-refractivity contribution in [3.8, 4) is 0 Å². The normalized spacial score (nSPS) is 31.4. The Balaban J connectivity index is 1.22. The van der Waals surface area contributed by atoms with E-state index in [0.717, 1.165) is 100 Å². The minimum Gasteiger partial charge on any atom is -0.462 e. The molecular weight excluding hydrogens is 608 g/mol. The molecule has 0 spiro atoms. The van der Waals surface area contributed by atoms with Crippen LogP contribution in [0.3, 0.4) is 0 Å². The Kier molecular flexibility index (Phi) is 16.0. The SMILES string of the molecule is CC(C)CCC[C@@H](C)[C@H]1CC[C@H]2[C@@H]3CC=C4C[C@@H](OC(=O)CCCC(=O)N(CCCN)CCCCNCCCN)CC[C@]4(C)C3CC[C@]12C. The van der Waals surface area contributed by atoms with Crippen LogP contribution in [0.4, 0.5) is 0 Å². The molecule has 5 N–H and O–H groups in total. The number of carbonyl (C=O) groups is 2. The van der Waals surface area contributed by atoms with Crippen molar-refractivity contribution >= 4 is 11.9 Å². The topological polar surface area (TPSA) is 111 Å². The third-order valence-corrected chi connectivity index (χ3v) is 13.9. The molecule has 7 heteroatoms. The number of amides is 1. The molecule has 1 unspecified atom stereocenters. The Bertz CT molecular complexity index is 1060. The van der Waals surface area contributed by atoms with Gasteiger partial charge in [0.1, 0.15) is 6.10 Å². The van der Waals surface area contributed by atoms with Gasteiger partial charge in [0.15, 0.2) is 0 Å². The van der Waals surface area contributed by atoms with Crippen molar-refractivity contribution in [1.82, 2.24) is 10.2 Å². The van der Waals surface area contributed by atoms with Crippen LogP contribution in [0, 0.1) is 46.3 Å². The molecule has 3 saturated carbocycles. The number of nitrogens with one attached hydrogen (secondary N) is 1. The summed E-state index contributed by atoms with van der Waals surface area (Å²) < 4.78 is 6.08. The molecule has 7 nitrogen and oxygen atoms in total. The van der Waals surface area contributed by atoms with Gasteiger partial charge < -0.3 is 26.4 Å². The number of nitrogens with zero attached hydrogens (tertiary/aromatic N) is 1. The van der Waals surface area contributed by atoms with Gasteiger partial charge in [0.2, 0.25) is 5.91 Å². The molecule has 4 aliphatic rings. The largest absolute Gasteiger partial charge is 0.462 e. The molecule has 0 heterocycles. The number of hydrogen-bond donors (Lipinski definition) is 3. The second-order valence-corrected chi connectivity index (χ2v) is 17.6. The molecule has 0 radical (unpaired) electrons. The zero-order chi connectivity index (χ0) is 35.4. The summed E-state index contributed by atoms with van der Waals surface area (Å²) in [7, 11) is 0. The second kappa shape index (κ2) is 19.4. The predicted molar refractivity (Wildman–Crippen MR) is 203 cm³/mol. The Labute approximate surface area is 300 Å². The summed E-state index contributed by atoms with van der Waals surface area (Å²) in [6, 6.07) is 0. The van der Waals surface area contributed by atoms with Gasteiger partial charge in [-0.2, -0.15) is 0 Å². The van der Waals surface area contributed by atoms with Crippen LogP contribution in [-0.2, 0) is 14.3 Å². The minimum absolute atomic E-state index is 0.0185. The summed E-state index contributed by atoms with van der Waals surface area (Å²) in [6.07, 6.45) is 21.6. The van der Waals surface area contributed by atoms with Crippen molar-refractivity contribution in [2.75, 3.05) is 39.3 Å². The van der Waals surface area contributed by atoms with E-state index >= 15 is 0 Å². The van der Waals surface area contributed by atoms with E-state index in [9.17, 15) is 9.59 Å². The zero-order valence-corrected chi connectivity index (χ0v) is 32.4. The lowest BCUT2D eigenvalue weighted by Gasteiger charge is -2.58. The van der Waals surface area contributed by atoms with Crippen molar-refractivity contribution < 1.29 is 14.3 Å². The number of allylic oxidation sites excluding steroid dienone is 1. The van der Waals surface area contributed by atoms with Crippen LogP contribution in [0.25, 0.3) is 0 Å². The van der Waals surface area contributed by atoms with E-state index in [4.69, 9.17) is 16.2 Å². The van der Waals surface area contributed by atoms with Crippen LogP contribution in [0.2, 0.25) is 0 Å². The first kappa shape index (κ1) is 40.3. The zero-order valence-electron chi connectivity index (χ0n) is 32.4. The molecule has 1 amide bonds. The van der Waals surface area contributed by atoms with Gasteiger partial charge >= 0.3 is 5.97 Å². The van der Waals surface area contributed by atoms with Gasteiger partial charge in [-0.05, 0) is 150 Å². The monoisotopic (exact) mass is 685 g/mol. The molecule has 0 saturated heterocycles. The van der Waals surface area contributed by atoms with Crippen molar-refractivity contribution in [3.05, 3.63) is 11.6 Å². The van der Waals surface area contributed by atoms with E-state index < -0.39 is 0 Å². The third kappa shape index (κ3) is 10.6. The molecule has 4 rings (SSSR count). The number of rotatable bonds is 21. The molecule has 4 aliphatic carbocycles. The molecular formula is C42H76N4O3. The van der Waals surface area contributed by atoms with Gasteiger partial charge in [-0.15, -0.1) is 0 Å². The number of fused-ring (bicyclic) bond motifs is 5. The highest BCUT2D eigenvalue weighted by Gasteiger charge is 2.59. The lowest BCUT2D eigenvalue weighted by molar-refractivity contribution is -0.151. The predicted octanol–water partition coefficient (Wildman–Crippen LogP) is 8.01. The van der Waals surface area contributed by atoms with Crippen LogP contribution in [0.1, 0.15) is 150 Å². The first-order chi connectivity index (χ1) is 23.5. The number of ether oxygens (including phenoxy) is 1. The summed E-state index contributed by atoms with van der Waals surface area (Å²) in [6.45, 7) is 17.1. The van der Waals surface area contributed by atoms with Gasteiger partial charge in [0.25, 0.3) is 0 Å². The average molecular weight is 685 g/mol. The summed E-state index contributed by atoms with van der Waals surface area (Å²) in [5.41, 5.74) is 13.6. The summed E-state index contributed by atoms with van der Waals surface area (Å²) in [4.78, 5) is 27.9. The van der Waals surface area contributed by atoms with Crippen molar-refractivity contribution in [2.45, 2.75) is 156 Å². The molecule has 0 aromatic heterocycles. The summed E-state index contributed by atoms with van der Waals surface area (Å²) >= 11 is 0. The fraction of sp³-hybridized carbons (Fsp3) is 0.905. The van der Waals surface area contributed by atoms with Gasteiger partial charge in [0, 0.05) is 32.4 Å². The molecule has 8 atom stereocenters. The standard InChI is InChI=1S/C42H76N4O3/c1-31(2)12-8-13-32(3)36-18-19-37-35-17-16-33-30-34(20-22-41(33,4)38(35)21-23-42(36,37)5)49-40(48)15-9-14-39(47)46(29-11-25-44)28-7-6-26-45-27-10-24-43/h16,31-32,34-38,45H,6-15,17-30,43-44H2,1-5H3/t32-,34+,35+,36-,37+,38?,41+,42-/m1/s1. The maximum atomic E-state index is 13.0. The van der Waals surface area contributed by atoms with Crippen molar-refractivity contribution in [2.24, 2.45) is 57.8 Å². The van der Waals surface area contributed by atoms with E-state index in [0.29, 0.717) is 44.3 Å². The molecule has 0 bridgehead atoms. The van der Waals surface area contributed by atoms with Crippen LogP contribution in [0.15, 0.2) is 11.6 Å². The van der Waals surface area contributed by atoms with E-state index in [2.05, 4.69) is 46.0 Å². The maximum absolute atomic E-state index is 13.0. The fourth-order valence-electron chi connectivity index (χ4n) is 11.1. The van der Waals surface area contributed by atoms with Crippen LogP contribution < -0.4 is 16.8 Å². The molecule has 0 aliphatic heterocycles. The first-order valence-electron chi connectivity index (χ1n) is 20.8. The minimum atomic E-state index is -0.138. The third-order valence-electron chi connectivity index (χ3n) is 13.9. The van der Waals surface area contributed by atoms with Gasteiger partial charge in [-0.25, -0.2) is 0 Å². The van der Waals surface area contributed by atoms with Crippen molar-refractivity contribution in [1.29, 1.82) is 0 Å². The van der Waals surface area contributed by atoms with E-state index in [-0.39, 0.29) is 23.4 Å². The maximum Gasteiger partial charge on any atom is 0.306 e. The van der Waals surface area contributed by atoms with Gasteiger partial charge in [-0.1, -0.05) is 65.5 Å². The molecule has 282 valence electrons. The van der Waals surface area contributed by atoms with Gasteiger partial charge in [0.05, 0.1) is 0 Å². The fourth-order valence-corrected chi connectivity index (χ4v) is 11.1. The summed E-state index contributed by atoms with van der Waals surface area (Å²) in [5, 5.41) is 3.41. The molecule has 3 fully saturated rings. The highest BCUT2D eigenvalue weighted by Crippen LogP contribution is 2.67. The van der Waals surface area contributed by atoms with E-state index in [1.807, 2.05) is 4.90 Å². The first-order valence-corrected chi connectivity index (χ1v) is 20.8. The smallest absolute Gasteiger partial charge is 0.306 e. The lowest BCUT2D eigenvalue weighted by Crippen LogP contribution is -2.51. The number of hydrogen-bond acceptors (Lipinski definition) is 6. The average Bonchev–Trinajstić information content (AvgIpc) is 3.43. The van der Waals surface area contributed by atoms with Crippen LogP contribution >= 0.6 is 0 Å².